The van der Waals surface area contributed by atoms with E-state index in [4.69, 9.17) is 4.74 Å². The third kappa shape index (κ3) is 2.82. The van der Waals surface area contributed by atoms with Crippen LogP contribution in [-0.4, -0.2) is 29.5 Å². The molecule has 0 atom stereocenters. The van der Waals surface area contributed by atoms with Crippen LogP contribution in [0.5, 0.6) is 5.75 Å². The maximum Gasteiger partial charge on any atom is 0.254 e. The molecule has 0 heterocycles. The molecule has 1 aromatic rings. The maximum atomic E-state index is 12.8. The highest BCUT2D eigenvalue weighted by Crippen LogP contribution is 2.35. The fourth-order valence-corrected chi connectivity index (χ4v) is 3.17. The van der Waals surface area contributed by atoms with Gasteiger partial charge in [-0.15, -0.1) is 0 Å². The molecule has 0 saturated heterocycles. The lowest BCUT2D eigenvalue weighted by molar-refractivity contribution is 0.0664. The van der Waals surface area contributed by atoms with Crippen molar-refractivity contribution >= 4 is 5.91 Å². The molecule has 1 amide bonds. The number of rotatable bonds is 5. The molecule has 1 aromatic carbocycles. The molecule has 2 aliphatic rings. The number of ether oxygens (including phenoxy) is 1. The van der Waals surface area contributed by atoms with Crippen LogP contribution < -0.4 is 4.74 Å². The van der Waals surface area contributed by atoms with Gasteiger partial charge in [-0.2, -0.15) is 0 Å². The van der Waals surface area contributed by atoms with E-state index < -0.39 is 0 Å². The van der Waals surface area contributed by atoms with Gasteiger partial charge in [0, 0.05) is 17.6 Å². The first-order valence-electron chi connectivity index (χ1n) is 7.85. The van der Waals surface area contributed by atoms with Crippen LogP contribution in [0.25, 0.3) is 0 Å². The molecule has 0 unspecified atom stereocenters. The molecule has 3 rings (SSSR count). The molecule has 0 aliphatic heterocycles. The lowest BCUT2D eigenvalue weighted by atomic mass is 10.1. The minimum Gasteiger partial charge on any atom is -0.494 e. The van der Waals surface area contributed by atoms with Gasteiger partial charge in [0.1, 0.15) is 5.75 Å². The van der Waals surface area contributed by atoms with Crippen molar-refractivity contribution in [1.82, 2.24) is 4.90 Å². The molecule has 0 bridgehead atoms. The van der Waals surface area contributed by atoms with Crippen LogP contribution in [0, 0.1) is 0 Å². The maximum absolute atomic E-state index is 12.8. The van der Waals surface area contributed by atoms with Gasteiger partial charge in [-0.05, 0) is 56.9 Å². The summed E-state index contributed by atoms with van der Waals surface area (Å²) in [6.45, 7) is 2.62. The van der Waals surface area contributed by atoms with Crippen molar-refractivity contribution in [2.75, 3.05) is 6.61 Å². The van der Waals surface area contributed by atoms with E-state index in [1.54, 1.807) is 0 Å². The van der Waals surface area contributed by atoms with E-state index in [2.05, 4.69) is 4.90 Å². The van der Waals surface area contributed by atoms with E-state index in [0.29, 0.717) is 18.7 Å². The number of hydrogen-bond donors (Lipinski definition) is 0. The van der Waals surface area contributed by atoms with Gasteiger partial charge in [0.15, 0.2) is 0 Å². The molecule has 2 saturated carbocycles. The molecule has 0 spiro atoms. The predicted octanol–water partition coefficient (Wildman–Crippen LogP) is 3.63. The van der Waals surface area contributed by atoms with Crippen molar-refractivity contribution in [3.05, 3.63) is 29.8 Å². The van der Waals surface area contributed by atoms with Crippen LogP contribution in [0.15, 0.2) is 24.3 Å². The first-order valence-corrected chi connectivity index (χ1v) is 7.85. The molecule has 0 aromatic heterocycles. The first-order chi connectivity index (χ1) is 9.79. The van der Waals surface area contributed by atoms with E-state index in [1.165, 1.54) is 38.5 Å². The zero-order chi connectivity index (χ0) is 13.9. The number of nitrogens with zero attached hydrogens (tertiary/aromatic N) is 1. The summed E-state index contributed by atoms with van der Waals surface area (Å²) in [7, 11) is 0. The van der Waals surface area contributed by atoms with E-state index in [1.807, 2.05) is 31.2 Å². The lowest BCUT2D eigenvalue weighted by Gasteiger charge is -2.29. The summed E-state index contributed by atoms with van der Waals surface area (Å²) in [5, 5.41) is 0. The van der Waals surface area contributed by atoms with Crippen LogP contribution in [-0.2, 0) is 0 Å². The largest absolute Gasteiger partial charge is 0.494 e. The summed E-state index contributed by atoms with van der Waals surface area (Å²) in [6, 6.07) is 8.57. The molecular weight excluding hydrogens is 250 g/mol. The molecule has 2 fully saturated rings. The first kappa shape index (κ1) is 13.5. The quantitative estimate of drug-likeness (QED) is 0.820. The lowest BCUT2D eigenvalue weighted by Crippen LogP contribution is -2.40. The van der Waals surface area contributed by atoms with Gasteiger partial charge in [0.05, 0.1) is 6.61 Å². The van der Waals surface area contributed by atoms with Crippen LogP contribution in [0.4, 0.5) is 0 Å². The monoisotopic (exact) mass is 273 g/mol. The zero-order valence-corrected chi connectivity index (χ0v) is 12.2. The Morgan fingerprint density at radius 1 is 1.10 bits per heavy atom. The minimum absolute atomic E-state index is 0.211. The Balaban J connectivity index is 1.74. The van der Waals surface area contributed by atoms with E-state index in [0.717, 1.165) is 11.3 Å². The summed E-state index contributed by atoms with van der Waals surface area (Å²) >= 11 is 0. The number of amides is 1. The Kier molecular flexibility index (Phi) is 3.95. The highest BCUT2D eigenvalue weighted by Gasteiger charge is 2.38. The van der Waals surface area contributed by atoms with Crippen LogP contribution in [0.2, 0.25) is 0 Å². The van der Waals surface area contributed by atoms with Gasteiger partial charge in [0.25, 0.3) is 5.91 Å². The van der Waals surface area contributed by atoms with Crippen molar-refractivity contribution in [2.45, 2.75) is 57.5 Å². The average molecular weight is 273 g/mol. The molecular formula is C17H23NO2. The predicted molar refractivity (Wildman–Crippen MR) is 79.1 cm³/mol. The summed E-state index contributed by atoms with van der Waals surface area (Å²) in [6.07, 6.45) is 7.26. The Morgan fingerprint density at radius 3 is 2.25 bits per heavy atom. The van der Waals surface area contributed by atoms with Gasteiger partial charge >= 0.3 is 0 Å². The second-order valence-electron chi connectivity index (χ2n) is 5.84. The molecule has 108 valence electrons. The van der Waals surface area contributed by atoms with Crippen molar-refractivity contribution < 1.29 is 9.53 Å². The van der Waals surface area contributed by atoms with Crippen molar-refractivity contribution in [1.29, 1.82) is 0 Å². The summed E-state index contributed by atoms with van der Waals surface area (Å²) in [5.74, 6) is 1.05. The summed E-state index contributed by atoms with van der Waals surface area (Å²) in [5.41, 5.74) is 0.798. The van der Waals surface area contributed by atoms with E-state index >= 15 is 0 Å². The highest BCUT2D eigenvalue weighted by molar-refractivity contribution is 5.95. The fraction of sp³-hybridized carbons (Fsp3) is 0.588. The number of carbonyl (C=O) groups excluding carboxylic acids is 1. The highest BCUT2D eigenvalue weighted by atomic mass is 16.5. The van der Waals surface area contributed by atoms with Gasteiger partial charge < -0.3 is 9.64 Å². The molecule has 3 nitrogen and oxygen atoms in total. The molecule has 0 radical (unpaired) electrons. The van der Waals surface area contributed by atoms with E-state index in [9.17, 15) is 4.79 Å². The summed E-state index contributed by atoms with van der Waals surface area (Å²) < 4.78 is 5.44. The summed E-state index contributed by atoms with van der Waals surface area (Å²) in [4.78, 5) is 14.9. The normalized spacial score (nSPS) is 19.1. The second kappa shape index (κ2) is 5.86. The van der Waals surface area contributed by atoms with Gasteiger partial charge in [-0.25, -0.2) is 0 Å². The van der Waals surface area contributed by atoms with Crippen molar-refractivity contribution in [3.63, 3.8) is 0 Å². The van der Waals surface area contributed by atoms with Crippen LogP contribution in [0.1, 0.15) is 55.8 Å². The van der Waals surface area contributed by atoms with Crippen molar-refractivity contribution in [2.24, 2.45) is 0 Å². The molecule has 2 aliphatic carbocycles. The molecule has 3 heteroatoms. The third-order valence-corrected chi connectivity index (χ3v) is 4.31. The van der Waals surface area contributed by atoms with Crippen LogP contribution >= 0.6 is 0 Å². The Labute approximate surface area is 120 Å². The SMILES string of the molecule is CCOc1ccc(C(=O)N(C2CCCC2)C2CC2)cc1. The molecule has 0 N–H and O–H groups in total. The zero-order valence-electron chi connectivity index (χ0n) is 12.2. The number of hydrogen-bond acceptors (Lipinski definition) is 2. The Hall–Kier alpha value is -1.51. The molecule has 20 heavy (non-hydrogen) atoms. The Morgan fingerprint density at radius 2 is 1.70 bits per heavy atom. The van der Waals surface area contributed by atoms with Crippen molar-refractivity contribution in [3.8, 4) is 5.75 Å². The van der Waals surface area contributed by atoms with Gasteiger partial charge in [-0.1, -0.05) is 12.8 Å². The Bertz CT molecular complexity index is 458. The van der Waals surface area contributed by atoms with E-state index in [-0.39, 0.29) is 5.91 Å². The van der Waals surface area contributed by atoms with Crippen LogP contribution in [0.3, 0.4) is 0 Å². The second-order valence-corrected chi connectivity index (χ2v) is 5.84. The van der Waals surface area contributed by atoms with Gasteiger partial charge in [0.2, 0.25) is 0 Å². The van der Waals surface area contributed by atoms with Gasteiger partial charge in [-0.3, -0.25) is 4.79 Å². The number of carbonyl (C=O) groups is 1. The standard InChI is InChI=1S/C17H23NO2/c1-2-20-16-11-7-13(8-12-16)17(19)18(15-9-10-15)14-5-3-4-6-14/h7-8,11-12,14-15H,2-6,9-10H2,1H3. The minimum atomic E-state index is 0.211. The number of benzene rings is 1. The fourth-order valence-electron chi connectivity index (χ4n) is 3.17. The topological polar surface area (TPSA) is 29.5 Å². The smallest absolute Gasteiger partial charge is 0.254 e. The third-order valence-electron chi connectivity index (χ3n) is 4.31. The average Bonchev–Trinajstić information content (AvgIpc) is 3.14.